The van der Waals surface area contributed by atoms with Crippen LogP contribution < -0.4 is 5.73 Å². The smallest absolute Gasteiger partial charge is 0.138 e. The van der Waals surface area contributed by atoms with Crippen LogP contribution >= 0.6 is 15.9 Å². The first-order valence-corrected chi connectivity index (χ1v) is 4.86. The van der Waals surface area contributed by atoms with Crippen LogP contribution in [0.4, 0.5) is 0 Å². The monoisotopic (exact) mass is 239 g/mol. The number of aromatic nitrogens is 2. The molecule has 0 spiro atoms. The molecule has 0 aliphatic heterocycles. The minimum absolute atomic E-state index is 0.520. The van der Waals surface area contributed by atoms with Crippen LogP contribution in [0.1, 0.15) is 11.4 Å². The molecular weight excluding hydrogens is 230 g/mol. The van der Waals surface area contributed by atoms with Gasteiger partial charge in [-0.05, 0) is 35.0 Å². The number of nitrogens with two attached hydrogens (primary N) is 1. The first-order chi connectivity index (χ1) is 6.24. The number of aryl methyl sites for hydroxylation is 1. The van der Waals surface area contributed by atoms with E-state index < -0.39 is 0 Å². The molecule has 0 fully saturated rings. The molecule has 68 valence electrons. The van der Waals surface area contributed by atoms with Crippen molar-refractivity contribution in [2.45, 2.75) is 13.5 Å². The summed E-state index contributed by atoms with van der Waals surface area (Å²) >= 11 is 3.49. The standard InChI is InChI=1S/C9H10BrN3/c1-6-9(10)13-7(5-11)3-2-4-8(13)12-6/h2-4H,5,11H2,1H3. The van der Waals surface area contributed by atoms with E-state index in [-0.39, 0.29) is 0 Å². The number of pyridine rings is 1. The molecule has 3 nitrogen and oxygen atoms in total. The fourth-order valence-electron chi connectivity index (χ4n) is 1.39. The molecule has 0 aromatic carbocycles. The maximum Gasteiger partial charge on any atom is 0.138 e. The Hall–Kier alpha value is -0.870. The molecular formula is C9H10BrN3. The number of hydrogen-bond donors (Lipinski definition) is 1. The topological polar surface area (TPSA) is 43.3 Å². The van der Waals surface area contributed by atoms with E-state index in [1.807, 2.05) is 29.5 Å². The number of fused-ring (bicyclic) bond motifs is 1. The van der Waals surface area contributed by atoms with Gasteiger partial charge in [-0.25, -0.2) is 4.98 Å². The van der Waals surface area contributed by atoms with Crippen LogP contribution in [-0.2, 0) is 6.54 Å². The lowest BCUT2D eigenvalue weighted by molar-refractivity contribution is 0.933. The van der Waals surface area contributed by atoms with Gasteiger partial charge in [0.2, 0.25) is 0 Å². The third-order valence-corrected chi connectivity index (χ3v) is 2.96. The molecule has 0 saturated carbocycles. The summed E-state index contributed by atoms with van der Waals surface area (Å²) in [7, 11) is 0. The highest BCUT2D eigenvalue weighted by Gasteiger charge is 2.07. The van der Waals surface area contributed by atoms with E-state index >= 15 is 0 Å². The molecule has 2 aromatic heterocycles. The minimum Gasteiger partial charge on any atom is -0.325 e. The molecule has 2 aromatic rings. The van der Waals surface area contributed by atoms with Crippen LogP contribution in [-0.4, -0.2) is 9.38 Å². The van der Waals surface area contributed by atoms with Gasteiger partial charge in [-0.15, -0.1) is 0 Å². The summed E-state index contributed by atoms with van der Waals surface area (Å²) in [4.78, 5) is 4.38. The van der Waals surface area contributed by atoms with Crippen molar-refractivity contribution in [2.75, 3.05) is 0 Å². The normalized spacial score (nSPS) is 11.0. The van der Waals surface area contributed by atoms with E-state index in [2.05, 4.69) is 20.9 Å². The third-order valence-electron chi connectivity index (χ3n) is 2.04. The van der Waals surface area contributed by atoms with Crippen LogP contribution in [0.3, 0.4) is 0 Å². The Morgan fingerprint density at radius 2 is 2.31 bits per heavy atom. The third kappa shape index (κ3) is 1.26. The first kappa shape index (κ1) is 8.72. The van der Waals surface area contributed by atoms with Gasteiger partial charge in [0, 0.05) is 12.2 Å². The predicted octanol–water partition coefficient (Wildman–Crippen LogP) is 1.86. The van der Waals surface area contributed by atoms with Gasteiger partial charge in [0.25, 0.3) is 0 Å². The van der Waals surface area contributed by atoms with Crippen molar-refractivity contribution in [3.05, 3.63) is 34.2 Å². The molecule has 2 heterocycles. The van der Waals surface area contributed by atoms with Gasteiger partial charge >= 0.3 is 0 Å². The fraction of sp³-hybridized carbons (Fsp3) is 0.222. The minimum atomic E-state index is 0.520. The average molecular weight is 240 g/mol. The Labute approximate surface area is 84.7 Å². The Morgan fingerprint density at radius 1 is 1.54 bits per heavy atom. The van der Waals surface area contributed by atoms with Crippen molar-refractivity contribution >= 4 is 21.6 Å². The lowest BCUT2D eigenvalue weighted by Crippen LogP contribution is -2.03. The maximum atomic E-state index is 5.62. The quantitative estimate of drug-likeness (QED) is 0.826. The van der Waals surface area contributed by atoms with Crippen molar-refractivity contribution < 1.29 is 0 Å². The molecule has 0 saturated heterocycles. The zero-order valence-corrected chi connectivity index (χ0v) is 8.87. The lowest BCUT2D eigenvalue weighted by atomic mass is 10.3. The highest BCUT2D eigenvalue weighted by molar-refractivity contribution is 9.10. The lowest BCUT2D eigenvalue weighted by Gasteiger charge is -2.02. The predicted molar refractivity (Wildman–Crippen MR) is 55.5 cm³/mol. The number of nitrogens with zero attached hydrogens (tertiary/aromatic N) is 2. The molecule has 2 N–H and O–H groups in total. The van der Waals surface area contributed by atoms with Crippen LogP contribution in [0, 0.1) is 6.92 Å². The number of rotatable bonds is 1. The molecule has 0 aliphatic rings. The van der Waals surface area contributed by atoms with Crippen molar-refractivity contribution in [1.29, 1.82) is 0 Å². The summed E-state index contributed by atoms with van der Waals surface area (Å²) in [5, 5.41) is 0. The van der Waals surface area contributed by atoms with Gasteiger partial charge in [-0.2, -0.15) is 0 Å². The molecule has 13 heavy (non-hydrogen) atoms. The summed E-state index contributed by atoms with van der Waals surface area (Å²) < 4.78 is 3.01. The van der Waals surface area contributed by atoms with Gasteiger partial charge in [-0.3, -0.25) is 4.40 Å². The fourth-order valence-corrected chi connectivity index (χ4v) is 1.89. The van der Waals surface area contributed by atoms with Crippen LogP contribution in [0.2, 0.25) is 0 Å². The van der Waals surface area contributed by atoms with Gasteiger partial charge in [0.05, 0.1) is 5.69 Å². The van der Waals surface area contributed by atoms with Gasteiger partial charge in [0.1, 0.15) is 10.3 Å². The second-order valence-corrected chi connectivity index (χ2v) is 3.65. The molecule has 0 aliphatic carbocycles. The largest absolute Gasteiger partial charge is 0.325 e. The van der Waals surface area contributed by atoms with Gasteiger partial charge < -0.3 is 5.73 Å². The summed E-state index contributed by atoms with van der Waals surface area (Å²) in [6, 6.07) is 5.94. The van der Waals surface area contributed by atoms with E-state index in [0.717, 1.165) is 21.6 Å². The zero-order valence-electron chi connectivity index (χ0n) is 7.29. The highest BCUT2D eigenvalue weighted by atomic mass is 79.9. The summed E-state index contributed by atoms with van der Waals surface area (Å²) in [5.74, 6) is 0. The van der Waals surface area contributed by atoms with E-state index in [4.69, 9.17) is 5.73 Å². The average Bonchev–Trinajstić information content (AvgIpc) is 2.43. The molecule has 4 heteroatoms. The van der Waals surface area contributed by atoms with E-state index in [9.17, 15) is 0 Å². The van der Waals surface area contributed by atoms with Gasteiger partial charge in [0.15, 0.2) is 0 Å². The summed E-state index contributed by atoms with van der Waals surface area (Å²) in [5.41, 5.74) is 8.61. The second-order valence-electron chi connectivity index (χ2n) is 2.90. The van der Waals surface area contributed by atoms with Crippen LogP contribution in [0.25, 0.3) is 5.65 Å². The van der Waals surface area contributed by atoms with Crippen molar-refractivity contribution in [3.8, 4) is 0 Å². The van der Waals surface area contributed by atoms with E-state index in [1.165, 1.54) is 0 Å². The van der Waals surface area contributed by atoms with E-state index in [0.29, 0.717) is 6.54 Å². The summed E-state index contributed by atoms with van der Waals surface area (Å²) in [6.45, 7) is 2.49. The number of hydrogen-bond acceptors (Lipinski definition) is 2. The maximum absolute atomic E-state index is 5.62. The number of halogens is 1. The Balaban J connectivity index is 2.87. The van der Waals surface area contributed by atoms with Crippen LogP contribution in [0.15, 0.2) is 22.8 Å². The molecule has 0 bridgehead atoms. The SMILES string of the molecule is Cc1nc2cccc(CN)n2c1Br. The van der Waals surface area contributed by atoms with Crippen molar-refractivity contribution in [1.82, 2.24) is 9.38 Å². The highest BCUT2D eigenvalue weighted by Crippen LogP contribution is 2.19. The van der Waals surface area contributed by atoms with Crippen molar-refractivity contribution in [2.24, 2.45) is 5.73 Å². The molecule has 0 amide bonds. The molecule has 0 radical (unpaired) electrons. The first-order valence-electron chi connectivity index (χ1n) is 4.06. The molecule has 2 rings (SSSR count). The molecule has 0 atom stereocenters. The van der Waals surface area contributed by atoms with Gasteiger partial charge in [-0.1, -0.05) is 6.07 Å². The Morgan fingerprint density at radius 3 is 3.00 bits per heavy atom. The number of imidazole rings is 1. The zero-order chi connectivity index (χ0) is 9.42. The Bertz CT molecular complexity index is 447. The second kappa shape index (κ2) is 3.12. The Kier molecular flexibility index (Phi) is 2.09. The van der Waals surface area contributed by atoms with Crippen molar-refractivity contribution in [3.63, 3.8) is 0 Å². The summed E-state index contributed by atoms with van der Waals surface area (Å²) in [6.07, 6.45) is 0. The van der Waals surface area contributed by atoms with E-state index in [1.54, 1.807) is 0 Å². The van der Waals surface area contributed by atoms with Crippen LogP contribution in [0.5, 0.6) is 0 Å². The molecule has 0 unspecified atom stereocenters.